The molecule has 0 amide bonds. The Hall–Kier alpha value is -3.75. The number of imidazole rings is 1. The topological polar surface area (TPSA) is 122 Å². The SMILES string of the molecule is CCC(=O)c1cccc(Oc2cc3c(cn2)nc(-c2nonc2N)n3CC)c1. The van der Waals surface area contributed by atoms with Crippen LogP contribution in [0.15, 0.2) is 41.2 Å². The van der Waals surface area contributed by atoms with E-state index >= 15 is 0 Å². The maximum Gasteiger partial charge on any atom is 0.221 e. The maximum absolute atomic E-state index is 11.9. The highest BCUT2D eigenvalue weighted by Crippen LogP contribution is 2.29. The van der Waals surface area contributed by atoms with E-state index in [1.807, 2.05) is 18.4 Å². The van der Waals surface area contributed by atoms with E-state index in [1.54, 1.807) is 36.5 Å². The molecule has 0 spiro atoms. The van der Waals surface area contributed by atoms with Crippen molar-refractivity contribution in [2.24, 2.45) is 0 Å². The first-order valence-corrected chi connectivity index (χ1v) is 8.86. The molecule has 0 aliphatic carbocycles. The number of hydrogen-bond donors (Lipinski definition) is 1. The molecular formula is C19H18N6O3. The average Bonchev–Trinajstić information content (AvgIpc) is 3.29. The zero-order valence-corrected chi connectivity index (χ0v) is 15.4. The van der Waals surface area contributed by atoms with Crippen molar-refractivity contribution in [3.05, 3.63) is 42.1 Å². The lowest BCUT2D eigenvalue weighted by atomic mass is 10.1. The van der Waals surface area contributed by atoms with E-state index in [2.05, 4.69) is 20.3 Å². The third kappa shape index (κ3) is 3.07. The van der Waals surface area contributed by atoms with Crippen LogP contribution >= 0.6 is 0 Å². The van der Waals surface area contributed by atoms with E-state index in [0.717, 1.165) is 5.52 Å². The zero-order chi connectivity index (χ0) is 19.7. The van der Waals surface area contributed by atoms with Crippen LogP contribution in [0.4, 0.5) is 5.82 Å². The normalized spacial score (nSPS) is 11.1. The van der Waals surface area contributed by atoms with Gasteiger partial charge in [0, 0.05) is 24.6 Å². The van der Waals surface area contributed by atoms with Gasteiger partial charge in [-0.15, -0.1) is 0 Å². The second-order valence-corrected chi connectivity index (χ2v) is 6.10. The number of nitrogen functional groups attached to an aromatic ring is 1. The first-order chi connectivity index (χ1) is 13.6. The van der Waals surface area contributed by atoms with Crippen LogP contribution in [0.1, 0.15) is 30.6 Å². The molecule has 0 saturated carbocycles. The summed E-state index contributed by atoms with van der Waals surface area (Å²) in [4.78, 5) is 20.8. The van der Waals surface area contributed by atoms with Gasteiger partial charge in [-0.2, -0.15) is 0 Å². The number of nitrogens with zero attached hydrogens (tertiary/aromatic N) is 5. The van der Waals surface area contributed by atoms with Gasteiger partial charge in [0.15, 0.2) is 23.1 Å². The Kier molecular flexibility index (Phi) is 4.48. The van der Waals surface area contributed by atoms with Crippen molar-refractivity contribution in [3.63, 3.8) is 0 Å². The minimum absolute atomic E-state index is 0.0568. The van der Waals surface area contributed by atoms with Crippen molar-refractivity contribution in [2.75, 3.05) is 5.73 Å². The summed E-state index contributed by atoms with van der Waals surface area (Å²) in [6.07, 6.45) is 2.05. The molecule has 0 fully saturated rings. The lowest BCUT2D eigenvalue weighted by Crippen LogP contribution is -2.00. The maximum atomic E-state index is 11.9. The number of fused-ring (bicyclic) bond motifs is 1. The highest BCUT2D eigenvalue weighted by Gasteiger charge is 2.19. The number of carbonyl (C=O) groups excluding carboxylic acids is 1. The van der Waals surface area contributed by atoms with Crippen molar-refractivity contribution >= 4 is 22.6 Å². The number of Topliss-reactive ketones (excluding diaryl/α,β-unsaturated/α-hetero) is 1. The van der Waals surface area contributed by atoms with Gasteiger partial charge >= 0.3 is 0 Å². The minimum atomic E-state index is 0.0568. The van der Waals surface area contributed by atoms with E-state index in [-0.39, 0.29) is 11.6 Å². The van der Waals surface area contributed by atoms with Crippen LogP contribution < -0.4 is 10.5 Å². The predicted octanol–water partition coefficient (Wildman–Crippen LogP) is 3.47. The van der Waals surface area contributed by atoms with E-state index in [0.29, 0.717) is 47.2 Å². The van der Waals surface area contributed by atoms with Gasteiger partial charge in [0.25, 0.3) is 0 Å². The molecule has 3 heterocycles. The summed E-state index contributed by atoms with van der Waals surface area (Å²) in [7, 11) is 0. The third-order valence-corrected chi connectivity index (χ3v) is 4.35. The van der Waals surface area contributed by atoms with Gasteiger partial charge in [-0.25, -0.2) is 14.6 Å². The number of aryl methyl sites for hydroxylation is 1. The van der Waals surface area contributed by atoms with Gasteiger partial charge in [0.1, 0.15) is 11.3 Å². The molecule has 142 valence electrons. The summed E-state index contributed by atoms with van der Waals surface area (Å²) in [5.74, 6) is 1.71. The molecule has 0 saturated heterocycles. The molecule has 4 rings (SSSR count). The molecule has 28 heavy (non-hydrogen) atoms. The molecule has 4 aromatic rings. The molecule has 0 aliphatic rings. The second kappa shape index (κ2) is 7.10. The minimum Gasteiger partial charge on any atom is -0.439 e. The fourth-order valence-electron chi connectivity index (χ4n) is 2.98. The number of nitrogens with two attached hydrogens (primary N) is 1. The highest BCUT2D eigenvalue weighted by atomic mass is 16.6. The number of benzene rings is 1. The van der Waals surface area contributed by atoms with Gasteiger partial charge in [0.05, 0.1) is 11.7 Å². The Labute approximate surface area is 160 Å². The fourth-order valence-corrected chi connectivity index (χ4v) is 2.98. The number of carbonyl (C=O) groups is 1. The summed E-state index contributed by atoms with van der Waals surface area (Å²) in [5.41, 5.74) is 8.28. The Morgan fingerprint density at radius 2 is 2.11 bits per heavy atom. The average molecular weight is 378 g/mol. The Morgan fingerprint density at radius 1 is 1.25 bits per heavy atom. The molecule has 3 aromatic heterocycles. The van der Waals surface area contributed by atoms with Crippen LogP contribution in [-0.2, 0) is 6.54 Å². The molecule has 0 aliphatic heterocycles. The predicted molar refractivity (Wildman–Crippen MR) is 102 cm³/mol. The lowest BCUT2D eigenvalue weighted by molar-refractivity contribution is 0.0988. The van der Waals surface area contributed by atoms with E-state index < -0.39 is 0 Å². The highest BCUT2D eigenvalue weighted by molar-refractivity contribution is 5.96. The standard InChI is InChI=1S/C19H18N6O3/c1-3-15(26)11-6-5-7-12(8-11)27-16-9-14-13(10-21-16)22-19(25(14)4-2)17-18(20)24-28-23-17/h5-10H,3-4H2,1-2H3,(H2,20,24). The molecule has 0 atom stereocenters. The molecule has 2 N–H and O–H groups in total. The number of hydrogen-bond acceptors (Lipinski definition) is 8. The Morgan fingerprint density at radius 3 is 2.82 bits per heavy atom. The molecule has 9 heteroatoms. The zero-order valence-electron chi connectivity index (χ0n) is 15.4. The van der Waals surface area contributed by atoms with E-state index in [4.69, 9.17) is 15.1 Å². The van der Waals surface area contributed by atoms with Crippen molar-refractivity contribution in [2.45, 2.75) is 26.8 Å². The van der Waals surface area contributed by atoms with Gasteiger partial charge in [-0.3, -0.25) is 4.79 Å². The number of ether oxygens (including phenoxy) is 1. The summed E-state index contributed by atoms with van der Waals surface area (Å²) in [6.45, 7) is 4.43. The monoisotopic (exact) mass is 378 g/mol. The molecule has 0 bridgehead atoms. The Bertz CT molecular complexity index is 1160. The second-order valence-electron chi connectivity index (χ2n) is 6.10. The lowest BCUT2D eigenvalue weighted by Gasteiger charge is -2.07. The smallest absolute Gasteiger partial charge is 0.221 e. The Balaban J connectivity index is 1.72. The summed E-state index contributed by atoms with van der Waals surface area (Å²) in [5, 5.41) is 7.45. The van der Waals surface area contributed by atoms with Crippen molar-refractivity contribution in [1.82, 2.24) is 24.8 Å². The molecule has 0 radical (unpaired) electrons. The molecular weight excluding hydrogens is 360 g/mol. The molecule has 0 unspecified atom stereocenters. The van der Waals surface area contributed by atoms with Crippen molar-refractivity contribution in [3.8, 4) is 23.1 Å². The van der Waals surface area contributed by atoms with Crippen LogP contribution in [0, 0.1) is 0 Å². The number of anilines is 1. The van der Waals surface area contributed by atoms with Crippen LogP contribution in [0.3, 0.4) is 0 Å². The van der Waals surface area contributed by atoms with Gasteiger partial charge in [-0.1, -0.05) is 19.1 Å². The van der Waals surface area contributed by atoms with Crippen LogP contribution in [0.2, 0.25) is 0 Å². The number of ketones is 1. The van der Waals surface area contributed by atoms with Crippen LogP contribution in [0.25, 0.3) is 22.6 Å². The first-order valence-electron chi connectivity index (χ1n) is 8.86. The number of pyridine rings is 1. The van der Waals surface area contributed by atoms with E-state index in [9.17, 15) is 4.79 Å². The number of rotatable bonds is 6. The van der Waals surface area contributed by atoms with Gasteiger partial charge < -0.3 is 15.0 Å². The summed E-state index contributed by atoms with van der Waals surface area (Å²) < 4.78 is 12.5. The first kappa shape index (κ1) is 17.7. The van der Waals surface area contributed by atoms with Crippen LogP contribution in [0.5, 0.6) is 11.6 Å². The quantitative estimate of drug-likeness (QED) is 0.506. The summed E-state index contributed by atoms with van der Waals surface area (Å²) in [6, 6.07) is 8.83. The molecule has 9 nitrogen and oxygen atoms in total. The third-order valence-electron chi connectivity index (χ3n) is 4.35. The number of aromatic nitrogens is 5. The fraction of sp³-hybridized carbons (Fsp3) is 0.211. The van der Waals surface area contributed by atoms with E-state index in [1.165, 1.54) is 0 Å². The van der Waals surface area contributed by atoms with Gasteiger partial charge in [-0.05, 0) is 29.4 Å². The summed E-state index contributed by atoms with van der Waals surface area (Å²) >= 11 is 0. The van der Waals surface area contributed by atoms with Crippen molar-refractivity contribution in [1.29, 1.82) is 0 Å². The van der Waals surface area contributed by atoms with Crippen LogP contribution in [-0.4, -0.2) is 30.6 Å². The van der Waals surface area contributed by atoms with Crippen molar-refractivity contribution < 1.29 is 14.2 Å². The largest absolute Gasteiger partial charge is 0.439 e. The van der Waals surface area contributed by atoms with Gasteiger partial charge in [0.2, 0.25) is 5.88 Å². The molecule has 1 aromatic carbocycles.